The van der Waals surface area contributed by atoms with Crippen molar-refractivity contribution in [2.24, 2.45) is 0 Å². The van der Waals surface area contributed by atoms with Crippen LogP contribution in [0.1, 0.15) is 37.7 Å². The van der Waals surface area contributed by atoms with Crippen LogP contribution in [0.3, 0.4) is 0 Å². The smallest absolute Gasteiger partial charge is 0.129 e. The van der Waals surface area contributed by atoms with Gasteiger partial charge in [0.15, 0.2) is 0 Å². The zero-order chi connectivity index (χ0) is 14.5. The van der Waals surface area contributed by atoms with Crippen molar-refractivity contribution >= 4 is 38.5 Å². The molecule has 1 heterocycles. The summed E-state index contributed by atoms with van der Waals surface area (Å²) in [5, 5.41) is 1.63. The van der Waals surface area contributed by atoms with Crippen LogP contribution in [0.5, 0.6) is 0 Å². The first-order valence-corrected chi connectivity index (χ1v) is 9.75. The van der Waals surface area contributed by atoms with Gasteiger partial charge in [-0.3, -0.25) is 0 Å². The molecule has 1 aliphatic heterocycles. The molecule has 0 bridgehead atoms. The van der Waals surface area contributed by atoms with Gasteiger partial charge in [0.25, 0.3) is 0 Å². The fourth-order valence-corrected chi connectivity index (χ4v) is 5.08. The predicted molar refractivity (Wildman–Crippen MR) is 90.0 cm³/mol. The number of hydrogen-bond donors (Lipinski definition) is 0. The molecule has 1 fully saturated rings. The van der Waals surface area contributed by atoms with E-state index in [0.29, 0.717) is 11.1 Å². The molecule has 0 N–H and O–H groups in total. The lowest BCUT2D eigenvalue weighted by molar-refractivity contribution is 0.251. The van der Waals surface area contributed by atoms with Gasteiger partial charge in [0.1, 0.15) is 11.0 Å². The zero-order valence-corrected chi connectivity index (χ0v) is 14.9. The fraction of sp³-hybridized carbons (Fsp3) is 0.600. The lowest BCUT2D eigenvalue weighted by Crippen LogP contribution is -2.41. The molecule has 1 aromatic carbocycles. The summed E-state index contributed by atoms with van der Waals surface area (Å²) in [6, 6.07) is 6.14. The van der Waals surface area contributed by atoms with Gasteiger partial charge in [-0.05, 0) is 44.2 Å². The van der Waals surface area contributed by atoms with Crippen LogP contribution < -0.4 is 0 Å². The van der Waals surface area contributed by atoms with Crippen LogP contribution in [0.4, 0.5) is 0 Å². The van der Waals surface area contributed by atoms with Gasteiger partial charge < -0.3 is 0 Å². The summed E-state index contributed by atoms with van der Waals surface area (Å²) < 4.78 is 15.1. The first kappa shape index (κ1) is 16.5. The standard InChI is InChI=1S/C15H21BrClNOS/c1-12-6-4-9-14(17)15(12)20(19)18-11-3-2-7-13(18)8-5-10-16/h4,6,9,13H,2-3,5,7-8,10-11H2,1H3. The SMILES string of the molecule is Cc1cccc(Cl)c1S(=O)N1CCCCC1CCCBr. The van der Waals surface area contributed by atoms with Crippen LogP contribution in [0, 0.1) is 6.92 Å². The highest BCUT2D eigenvalue weighted by Crippen LogP contribution is 2.30. The minimum Gasteiger partial charge on any atom is -0.237 e. The van der Waals surface area contributed by atoms with E-state index >= 15 is 0 Å². The van der Waals surface area contributed by atoms with Crippen molar-refractivity contribution in [3.63, 3.8) is 0 Å². The molecule has 2 unspecified atom stereocenters. The molecule has 1 saturated heterocycles. The first-order chi connectivity index (χ1) is 9.65. The summed E-state index contributed by atoms with van der Waals surface area (Å²) in [6.07, 6.45) is 5.73. The molecule has 0 aliphatic carbocycles. The van der Waals surface area contributed by atoms with E-state index in [1.54, 1.807) is 0 Å². The van der Waals surface area contributed by atoms with Crippen LogP contribution in [0.15, 0.2) is 23.1 Å². The number of rotatable bonds is 5. The minimum absolute atomic E-state index is 0.415. The molecule has 5 heteroatoms. The lowest BCUT2D eigenvalue weighted by atomic mass is 10.0. The number of piperidine rings is 1. The van der Waals surface area contributed by atoms with E-state index in [-0.39, 0.29) is 0 Å². The molecule has 0 amide bonds. The normalized spacial score (nSPS) is 21.9. The molecule has 0 saturated carbocycles. The van der Waals surface area contributed by atoms with Crippen LogP contribution in [0.2, 0.25) is 5.02 Å². The van der Waals surface area contributed by atoms with Crippen LogP contribution in [-0.4, -0.2) is 26.4 Å². The molecule has 20 heavy (non-hydrogen) atoms. The van der Waals surface area contributed by atoms with Gasteiger partial charge in [-0.2, -0.15) is 0 Å². The molecule has 2 atom stereocenters. The van der Waals surface area contributed by atoms with Crippen molar-refractivity contribution in [3.05, 3.63) is 28.8 Å². The highest BCUT2D eigenvalue weighted by atomic mass is 79.9. The van der Waals surface area contributed by atoms with Crippen molar-refractivity contribution in [3.8, 4) is 0 Å². The van der Waals surface area contributed by atoms with Crippen LogP contribution in [0.25, 0.3) is 0 Å². The van der Waals surface area contributed by atoms with Crippen LogP contribution >= 0.6 is 27.5 Å². The second-order valence-corrected chi connectivity index (χ2v) is 7.83. The number of hydrogen-bond acceptors (Lipinski definition) is 1. The number of aryl methyl sites for hydroxylation is 1. The number of nitrogens with zero attached hydrogens (tertiary/aromatic N) is 1. The predicted octanol–water partition coefficient (Wildman–Crippen LogP) is 4.70. The fourth-order valence-electron chi connectivity index (χ4n) is 2.75. The Kier molecular flexibility index (Phi) is 6.53. The topological polar surface area (TPSA) is 20.3 Å². The molecule has 0 spiro atoms. The molecule has 1 aliphatic rings. The Morgan fingerprint density at radius 3 is 2.95 bits per heavy atom. The Balaban J connectivity index is 2.21. The molecular weight excluding hydrogens is 358 g/mol. The molecule has 2 rings (SSSR count). The minimum atomic E-state index is -1.14. The largest absolute Gasteiger partial charge is 0.237 e. The second-order valence-electron chi connectivity index (χ2n) is 5.26. The van der Waals surface area contributed by atoms with Gasteiger partial charge in [-0.1, -0.05) is 46.1 Å². The third-order valence-corrected chi connectivity index (χ3v) is 6.58. The number of alkyl halides is 1. The van der Waals surface area contributed by atoms with Crippen molar-refractivity contribution in [1.82, 2.24) is 4.31 Å². The van der Waals surface area contributed by atoms with Crippen LogP contribution in [-0.2, 0) is 11.0 Å². The van der Waals surface area contributed by atoms with Crippen molar-refractivity contribution < 1.29 is 4.21 Å². The Morgan fingerprint density at radius 2 is 2.25 bits per heavy atom. The monoisotopic (exact) mass is 377 g/mol. The average molecular weight is 379 g/mol. The van der Waals surface area contributed by atoms with Gasteiger partial charge >= 0.3 is 0 Å². The molecule has 112 valence electrons. The third-order valence-electron chi connectivity index (χ3n) is 3.80. The molecular formula is C15H21BrClNOS. The van der Waals surface area contributed by atoms with E-state index < -0.39 is 11.0 Å². The molecule has 0 aromatic heterocycles. The molecule has 1 aromatic rings. The van der Waals surface area contributed by atoms with E-state index in [1.165, 1.54) is 6.42 Å². The van der Waals surface area contributed by atoms with Gasteiger partial charge in [-0.25, -0.2) is 8.51 Å². The second kappa shape index (κ2) is 7.92. The van der Waals surface area contributed by atoms with E-state index in [4.69, 9.17) is 11.6 Å². The Morgan fingerprint density at radius 1 is 1.45 bits per heavy atom. The Labute approximate surface area is 137 Å². The van der Waals surface area contributed by atoms with E-state index in [9.17, 15) is 4.21 Å². The highest BCUT2D eigenvalue weighted by Gasteiger charge is 2.28. The Bertz CT molecular complexity index is 463. The number of halogens is 2. The summed E-state index contributed by atoms with van der Waals surface area (Å²) in [4.78, 5) is 0.792. The average Bonchev–Trinajstić information content (AvgIpc) is 2.45. The van der Waals surface area contributed by atoms with Crippen molar-refractivity contribution in [2.45, 2.75) is 50.0 Å². The summed E-state index contributed by atoms with van der Waals surface area (Å²) in [7, 11) is -1.14. The summed E-state index contributed by atoms with van der Waals surface area (Å²) in [5.41, 5.74) is 1.01. The first-order valence-electron chi connectivity index (χ1n) is 7.14. The highest BCUT2D eigenvalue weighted by molar-refractivity contribution is 9.09. The Hall–Kier alpha value is 0.1000. The maximum atomic E-state index is 13.0. The van der Waals surface area contributed by atoms with E-state index in [0.717, 1.165) is 48.0 Å². The van der Waals surface area contributed by atoms with Gasteiger partial charge in [0.2, 0.25) is 0 Å². The van der Waals surface area contributed by atoms with Crippen molar-refractivity contribution in [1.29, 1.82) is 0 Å². The quantitative estimate of drug-likeness (QED) is 0.680. The maximum Gasteiger partial charge on any atom is 0.129 e. The maximum absolute atomic E-state index is 13.0. The van der Waals surface area contributed by atoms with Gasteiger partial charge in [-0.15, -0.1) is 0 Å². The summed E-state index contributed by atoms with van der Waals surface area (Å²) in [6.45, 7) is 2.89. The summed E-state index contributed by atoms with van der Waals surface area (Å²) >= 11 is 9.75. The number of benzene rings is 1. The molecule has 0 radical (unpaired) electrons. The van der Waals surface area contributed by atoms with Gasteiger partial charge in [0, 0.05) is 17.9 Å². The third kappa shape index (κ3) is 3.85. The summed E-state index contributed by atoms with van der Waals surface area (Å²) in [5.74, 6) is 0. The van der Waals surface area contributed by atoms with E-state index in [1.807, 2.05) is 25.1 Å². The van der Waals surface area contributed by atoms with Crippen molar-refractivity contribution in [2.75, 3.05) is 11.9 Å². The zero-order valence-electron chi connectivity index (χ0n) is 11.8. The van der Waals surface area contributed by atoms with Gasteiger partial charge in [0.05, 0.1) is 9.92 Å². The lowest BCUT2D eigenvalue weighted by Gasteiger charge is -2.34. The molecule has 2 nitrogen and oxygen atoms in total. The van der Waals surface area contributed by atoms with E-state index in [2.05, 4.69) is 20.2 Å².